The van der Waals surface area contributed by atoms with Crippen LogP contribution in [0.25, 0.3) is 0 Å². The van der Waals surface area contributed by atoms with Crippen LogP contribution in [0.3, 0.4) is 0 Å². The highest BCUT2D eigenvalue weighted by molar-refractivity contribution is 7.66. The largest absolute Gasteiger partial charge is 0.490 e. The van der Waals surface area contributed by atoms with Gasteiger partial charge in [-0.2, -0.15) is 13.6 Å². The van der Waals surface area contributed by atoms with E-state index in [0.29, 0.717) is 19.3 Å². The van der Waals surface area contributed by atoms with Gasteiger partial charge in [0.05, 0.1) is 18.3 Å². The molecular weight excluding hydrogens is 535 g/mol. The number of aromatic nitrogens is 2. The Morgan fingerprint density at radius 2 is 1.89 bits per heavy atom. The topological polar surface area (TPSA) is 250 Å². The van der Waals surface area contributed by atoms with Crippen molar-refractivity contribution >= 4 is 29.3 Å². The molecule has 0 saturated carbocycles. The van der Waals surface area contributed by atoms with E-state index in [1.54, 1.807) is 0 Å². The van der Waals surface area contributed by atoms with Gasteiger partial charge in [-0.15, -0.1) is 12.3 Å². The maximum Gasteiger partial charge on any atom is 0.490 e. The van der Waals surface area contributed by atoms with Gasteiger partial charge in [0.15, 0.2) is 0 Å². The summed E-state index contributed by atoms with van der Waals surface area (Å²) in [5.74, 6) is 7.94. The fourth-order valence-corrected chi connectivity index (χ4v) is 5.76. The van der Waals surface area contributed by atoms with Gasteiger partial charge in [-0.1, -0.05) is 11.8 Å². The van der Waals surface area contributed by atoms with Crippen LogP contribution in [-0.2, 0) is 31.6 Å². The van der Waals surface area contributed by atoms with Crippen molar-refractivity contribution in [2.45, 2.75) is 44.1 Å². The first kappa shape index (κ1) is 29.4. The van der Waals surface area contributed by atoms with Gasteiger partial charge in [0.1, 0.15) is 18.1 Å². The average molecular weight is 557 g/mol. The zero-order chi connectivity index (χ0) is 26.4. The number of anilines is 1. The van der Waals surface area contributed by atoms with Crippen molar-refractivity contribution in [3.8, 4) is 24.2 Å². The van der Waals surface area contributed by atoms with Crippen molar-refractivity contribution in [3.63, 3.8) is 0 Å². The summed E-state index contributed by atoms with van der Waals surface area (Å²) in [7, 11) is -16.7. The third kappa shape index (κ3) is 9.60. The van der Waals surface area contributed by atoms with Crippen LogP contribution in [0.2, 0.25) is 0 Å². The number of aliphatic hydroxyl groups is 1. The lowest BCUT2D eigenvalue weighted by atomic mass is 10.2. The first-order valence-electron chi connectivity index (χ1n) is 9.55. The molecular formula is C16H22N3O13P3. The molecule has 16 nitrogen and oxygen atoms in total. The summed E-state index contributed by atoms with van der Waals surface area (Å²) in [4.78, 5) is 51.6. The summed E-state index contributed by atoms with van der Waals surface area (Å²) in [6, 6.07) is 0. The molecule has 35 heavy (non-hydrogen) atoms. The molecule has 1 saturated heterocycles. The predicted octanol–water partition coefficient (Wildman–Crippen LogP) is -0.0278. The van der Waals surface area contributed by atoms with E-state index >= 15 is 0 Å². The van der Waals surface area contributed by atoms with Gasteiger partial charge in [0.2, 0.25) is 0 Å². The molecule has 0 bridgehead atoms. The number of nitrogen functional groups attached to an aromatic ring is 1. The molecule has 1 aromatic heterocycles. The molecule has 19 heteroatoms. The molecule has 0 aromatic carbocycles. The van der Waals surface area contributed by atoms with Gasteiger partial charge in [0, 0.05) is 25.5 Å². The highest BCUT2D eigenvalue weighted by Gasteiger charge is 2.43. The number of nitrogens with zero attached hydrogens (tertiary/aromatic N) is 2. The summed E-state index contributed by atoms with van der Waals surface area (Å²) in [5, 5.41) is 10.2. The number of hydrogen-bond donors (Lipinski definition) is 6. The van der Waals surface area contributed by atoms with Crippen molar-refractivity contribution in [3.05, 3.63) is 22.2 Å². The van der Waals surface area contributed by atoms with Crippen LogP contribution in [0.1, 0.15) is 37.5 Å². The van der Waals surface area contributed by atoms with Crippen LogP contribution in [0.4, 0.5) is 5.82 Å². The van der Waals surface area contributed by atoms with Crippen molar-refractivity contribution in [2.75, 3.05) is 12.3 Å². The van der Waals surface area contributed by atoms with E-state index in [1.165, 1.54) is 6.20 Å². The molecule has 2 rings (SSSR count). The fourth-order valence-electron chi connectivity index (χ4n) is 2.73. The number of hydrogen-bond acceptors (Lipinski definition) is 11. The van der Waals surface area contributed by atoms with Crippen LogP contribution in [0, 0.1) is 24.2 Å². The molecule has 1 aromatic rings. The Bertz CT molecular complexity index is 1230. The van der Waals surface area contributed by atoms with Gasteiger partial charge in [-0.05, 0) is 6.42 Å². The number of nitrogens with two attached hydrogens (primary N) is 1. The van der Waals surface area contributed by atoms with Crippen molar-refractivity contribution in [1.82, 2.24) is 9.55 Å². The molecule has 3 unspecified atom stereocenters. The number of terminal acetylenes is 1. The molecule has 0 radical (unpaired) electrons. The number of phosphoric ester groups is 1. The zero-order valence-electron chi connectivity index (χ0n) is 17.7. The summed E-state index contributed by atoms with van der Waals surface area (Å²) < 4.78 is 52.0. The molecule has 0 spiro atoms. The fraction of sp³-hybridized carbons (Fsp3) is 0.500. The Morgan fingerprint density at radius 3 is 2.51 bits per heavy atom. The zero-order valence-corrected chi connectivity index (χ0v) is 20.4. The van der Waals surface area contributed by atoms with Gasteiger partial charge in [-0.25, -0.2) is 18.5 Å². The highest BCUT2D eigenvalue weighted by atomic mass is 31.3. The molecule has 1 aliphatic rings. The van der Waals surface area contributed by atoms with E-state index < -0.39 is 54.2 Å². The standard InChI is InChI=1S/C16H22N3O13P3/c1-2-3-4-5-6-7-11-9-19(16(21)18-15(11)17)14-8-12(20)13(30-14)10-29-34(25,26)32-35(27,28)31-33(22,23)24/h1,9,12-14,20H,3-5,8,10H2,(H,25,26)(H,27,28)(H2,17,18,21)(H2,22,23,24)/t12-,13-,14?/m1/s1. The minimum absolute atomic E-state index is 0.126. The van der Waals surface area contributed by atoms with Crippen LogP contribution in [0.15, 0.2) is 11.0 Å². The van der Waals surface area contributed by atoms with Gasteiger partial charge < -0.3 is 35.2 Å². The minimum atomic E-state index is -5.70. The maximum atomic E-state index is 12.3. The van der Waals surface area contributed by atoms with Crippen molar-refractivity contribution in [2.24, 2.45) is 0 Å². The normalized spacial score (nSPS) is 23.5. The first-order chi connectivity index (χ1) is 16.1. The third-order valence-corrected chi connectivity index (χ3v) is 7.96. The predicted molar refractivity (Wildman–Crippen MR) is 117 cm³/mol. The number of ether oxygens (including phenoxy) is 1. The van der Waals surface area contributed by atoms with Gasteiger partial charge in [-0.3, -0.25) is 9.09 Å². The highest BCUT2D eigenvalue weighted by Crippen LogP contribution is 2.66. The molecule has 0 aliphatic carbocycles. The number of unbranched alkanes of at least 4 members (excludes halogenated alkanes) is 2. The van der Waals surface area contributed by atoms with Crippen LogP contribution in [0.5, 0.6) is 0 Å². The summed E-state index contributed by atoms with van der Waals surface area (Å²) in [5.41, 5.74) is 5.10. The summed E-state index contributed by atoms with van der Waals surface area (Å²) in [6.45, 7) is -0.889. The second-order valence-electron chi connectivity index (χ2n) is 6.91. The number of aliphatic hydroxyl groups excluding tert-OH is 1. The number of phosphoric acid groups is 3. The quantitative estimate of drug-likeness (QED) is 0.126. The van der Waals surface area contributed by atoms with E-state index in [4.69, 9.17) is 31.6 Å². The van der Waals surface area contributed by atoms with E-state index in [1.807, 2.05) is 0 Å². The van der Waals surface area contributed by atoms with E-state index in [0.717, 1.165) is 4.57 Å². The summed E-state index contributed by atoms with van der Waals surface area (Å²) >= 11 is 0. The minimum Gasteiger partial charge on any atom is -0.390 e. The van der Waals surface area contributed by atoms with E-state index in [9.17, 15) is 28.5 Å². The van der Waals surface area contributed by atoms with Gasteiger partial charge >= 0.3 is 29.2 Å². The van der Waals surface area contributed by atoms with Crippen molar-refractivity contribution in [1.29, 1.82) is 0 Å². The molecule has 0 amide bonds. The van der Waals surface area contributed by atoms with Gasteiger partial charge in [0.25, 0.3) is 0 Å². The van der Waals surface area contributed by atoms with Crippen molar-refractivity contribution < 1.29 is 56.3 Å². The second kappa shape index (κ2) is 11.9. The Labute approximate surface area is 198 Å². The Hall–Kier alpha value is -1.87. The lowest BCUT2D eigenvalue weighted by Crippen LogP contribution is -2.29. The Morgan fingerprint density at radius 1 is 1.20 bits per heavy atom. The molecule has 5 atom stereocenters. The number of rotatable bonds is 10. The van der Waals surface area contributed by atoms with Crippen LogP contribution >= 0.6 is 23.5 Å². The molecule has 1 aliphatic heterocycles. The molecule has 2 heterocycles. The Balaban J connectivity index is 2.07. The first-order valence-corrected chi connectivity index (χ1v) is 14.1. The third-order valence-electron chi connectivity index (χ3n) is 4.16. The maximum absolute atomic E-state index is 12.3. The average Bonchev–Trinajstić information content (AvgIpc) is 3.05. The second-order valence-corrected chi connectivity index (χ2v) is 11.3. The molecule has 194 valence electrons. The SMILES string of the molecule is C#CCCCC#Cc1cn(C2C[C@@H](O)[C@@H](COP(=O)(O)OP(=O)(O)OP(=O)(O)O)O2)c(=O)nc1N. The lowest BCUT2D eigenvalue weighted by Gasteiger charge is -2.19. The monoisotopic (exact) mass is 557 g/mol. The Kier molecular flexibility index (Phi) is 9.99. The smallest absolute Gasteiger partial charge is 0.390 e. The summed E-state index contributed by atoms with van der Waals surface area (Å²) in [6.07, 6.45) is 4.14. The molecule has 7 N–H and O–H groups in total. The molecule has 1 fully saturated rings. The van der Waals surface area contributed by atoms with E-state index in [2.05, 4.69) is 35.9 Å². The lowest BCUT2D eigenvalue weighted by molar-refractivity contribution is -0.0449. The van der Waals surface area contributed by atoms with E-state index in [-0.39, 0.29) is 17.8 Å². The van der Waals surface area contributed by atoms with Crippen LogP contribution in [-0.4, -0.2) is 53.0 Å². The van der Waals surface area contributed by atoms with Crippen LogP contribution < -0.4 is 11.4 Å².